The second kappa shape index (κ2) is 6.50. The lowest BCUT2D eigenvalue weighted by Crippen LogP contribution is -2.38. The summed E-state index contributed by atoms with van der Waals surface area (Å²) in [6.07, 6.45) is 12.5. The summed E-state index contributed by atoms with van der Waals surface area (Å²) in [5.74, 6) is 1.36. The molecule has 126 valence electrons. The minimum atomic E-state index is -0.358. The maximum atomic E-state index is 10.8. The van der Waals surface area contributed by atoms with Crippen LogP contribution >= 0.6 is 0 Å². The Balaban J connectivity index is 1.55. The zero-order valence-corrected chi connectivity index (χ0v) is 14.0. The molecule has 0 spiro atoms. The van der Waals surface area contributed by atoms with Crippen LogP contribution < -0.4 is 0 Å². The van der Waals surface area contributed by atoms with Crippen LogP contribution in [0, 0.1) is 22.0 Å². The molecule has 0 heterocycles. The Bertz CT molecular complexity index is 690. The SMILES string of the molecule is O=[N+]([O-])c1ccc(C=N[C@@H]2[C@H]3CCC[C@@H]2C2=C(CCCC2)C3)cc1. The van der Waals surface area contributed by atoms with E-state index in [0.717, 1.165) is 5.56 Å². The molecule has 4 heteroatoms. The van der Waals surface area contributed by atoms with Gasteiger partial charge in [0.05, 0.1) is 11.0 Å². The van der Waals surface area contributed by atoms with E-state index < -0.39 is 0 Å². The summed E-state index contributed by atoms with van der Waals surface area (Å²) in [7, 11) is 0. The van der Waals surface area contributed by atoms with Crippen molar-refractivity contribution in [3.8, 4) is 0 Å². The number of benzene rings is 1. The van der Waals surface area contributed by atoms with Crippen LogP contribution in [0.25, 0.3) is 0 Å². The summed E-state index contributed by atoms with van der Waals surface area (Å²) < 4.78 is 0. The van der Waals surface area contributed by atoms with Crippen LogP contribution in [-0.2, 0) is 0 Å². The van der Waals surface area contributed by atoms with E-state index in [1.807, 2.05) is 6.21 Å². The van der Waals surface area contributed by atoms with E-state index >= 15 is 0 Å². The van der Waals surface area contributed by atoms with Crippen molar-refractivity contribution in [3.05, 3.63) is 51.1 Å². The van der Waals surface area contributed by atoms with Gasteiger partial charge in [0, 0.05) is 24.3 Å². The summed E-state index contributed by atoms with van der Waals surface area (Å²) in [4.78, 5) is 15.4. The second-order valence-electron chi connectivity index (χ2n) is 7.45. The first-order chi connectivity index (χ1) is 11.7. The maximum Gasteiger partial charge on any atom is 0.269 e. The minimum absolute atomic E-state index is 0.138. The normalized spacial score (nSPS) is 29.6. The van der Waals surface area contributed by atoms with Gasteiger partial charge in [0.2, 0.25) is 0 Å². The Morgan fingerprint density at radius 2 is 1.88 bits per heavy atom. The molecule has 24 heavy (non-hydrogen) atoms. The third-order valence-electron chi connectivity index (χ3n) is 6.07. The molecule has 0 saturated heterocycles. The van der Waals surface area contributed by atoms with E-state index in [1.165, 1.54) is 51.4 Å². The van der Waals surface area contributed by atoms with Crippen LogP contribution in [0.1, 0.15) is 56.9 Å². The molecule has 1 aromatic rings. The van der Waals surface area contributed by atoms with Crippen molar-refractivity contribution in [2.24, 2.45) is 16.8 Å². The van der Waals surface area contributed by atoms with E-state index in [2.05, 4.69) is 0 Å². The number of non-ortho nitro benzene ring substituents is 1. The van der Waals surface area contributed by atoms with E-state index in [0.29, 0.717) is 17.9 Å². The highest BCUT2D eigenvalue weighted by Gasteiger charge is 2.40. The predicted molar refractivity (Wildman–Crippen MR) is 95.4 cm³/mol. The van der Waals surface area contributed by atoms with Gasteiger partial charge in [-0.25, -0.2) is 0 Å². The highest BCUT2D eigenvalue weighted by molar-refractivity contribution is 5.80. The van der Waals surface area contributed by atoms with Crippen molar-refractivity contribution in [3.63, 3.8) is 0 Å². The predicted octanol–water partition coefficient (Wildman–Crippen LogP) is 5.07. The Morgan fingerprint density at radius 1 is 1.08 bits per heavy atom. The first-order valence-corrected chi connectivity index (χ1v) is 9.21. The number of nitro groups is 1. The second-order valence-corrected chi connectivity index (χ2v) is 7.45. The lowest BCUT2D eigenvalue weighted by Gasteiger charge is -2.44. The Morgan fingerprint density at radius 3 is 2.67 bits per heavy atom. The molecule has 3 aliphatic carbocycles. The Kier molecular flexibility index (Phi) is 4.21. The Hall–Kier alpha value is -1.97. The standard InChI is InChI=1S/C20H24N2O2/c23-22(24)17-10-8-14(9-11-17)13-21-20-16-5-3-7-19(20)18-6-2-1-4-15(18)12-16/h8-11,13,16,19-20H,1-7,12H2/t16-,19+,20+/m0/s1. The van der Waals surface area contributed by atoms with Crippen molar-refractivity contribution < 1.29 is 4.92 Å². The van der Waals surface area contributed by atoms with Crippen LogP contribution in [0.5, 0.6) is 0 Å². The van der Waals surface area contributed by atoms with Gasteiger partial charge in [-0.05, 0) is 68.6 Å². The third kappa shape index (κ3) is 2.90. The first-order valence-electron chi connectivity index (χ1n) is 9.21. The lowest BCUT2D eigenvalue weighted by molar-refractivity contribution is -0.384. The fourth-order valence-corrected chi connectivity index (χ4v) is 4.94. The van der Waals surface area contributed by atoms with E-state index in [1.54, 1.807) is 35.4 Å². The smallest absolute Gasteiger partial charge is 0.269 e. The van der Waals surface area contributed by atoms with Crippen LogP contribution in [0.15, 0.2) is 40.4 Å². The molecule has 1 aromatic carbocycles. The molecule has 3 aliphatic rings. The maximum absolute atomic E-state index is 10.8. The van der Waals surface area contributed by atoms with E-state index in [9.17, 15) is 10.1 Å². The number of aliphatic imine (C=N–C) groups is 1. The molecule has 4 nitrogen and oxygen atoms in total. The molecule has 2 bridgehead atoms. The van der Waals surface area contributed by atoms with Crippen molar-refractivity contribution >= 4 is 11.9 Å². The van der Waals surface area contributed by atoms with Gasteiger partial charge in [-0.1, -0.05) is 17.6 Å². The number of fused-ring (bicyclic) bond motifs is 3. The first kappa shape index (κ1) is 15.6. The van der Waals surface area contributed by atoms with Gasteiger partial charge in [-0.15, -0.1) is 0 Å². The van der Waals surface area contributed by atoms with E-state index in [4.69, 9.17) is 4.99 Å². The van der Waals surface area contributed by atoms with Gasteiger partial charge < -0.3 is 0 Å². The monoisotopic (exact) mass is 324 g/mol. The fraction of sp³-hybridized carbons (Fsp3) is 0.550. The number of hydrogen-bond donors (Lipinski definition) is 0. The molecule has 4 rings (SSSR count). The van der Waals surface area contributed by atoms with Gasteiger partial charge in [-0.3, -0.25) is 15.1 Å². The molecule has 0 N–H and O–H groups in total. The van der Waals surface area contributed by atoms with Crippen LogP contribution in [-0.4, -0.2) is 17.2 Å². The van der Waals surface area contributed by atoms with Crippen LogP contribution in [0.2, 0.25) is 0 Å². The molecule has 1 fully saturated rings. The van der Waals surface area contributed by atoms with Crippen molar-refractivity contribution in [2.45, 2.75) is 57.4 Å². The van der Waals surface area contributed by atoms with Crippen molar-refractivity contribution in [1.29, 1.82) is 0 Å². The Labute approximate surface area is 142 Å². The van der Waals surface area contributed by atoms with Gasteiger partial charge in [-0.2, -0.15) is 0 Å². The summed E-state index contributed by atoms with van der Waals surface area (Å²) in [6, 6.07) is 7.14. The third-order valence-corrected chi connectivity index (χ3v) is 6.07. The molecule has 0 unspecified atom stereocenters. The average Bonchev–Trinajstić information content (AvgIpc) is 2.60. The zero-order chi connectivity index (χ0) is 16.5. The summed E-state index contributed by atoms with van der Waals surface area (Å²) in [5.41, 5.74) is 4.60. The van der Waals surface area contributed by atoms with Gasteiger partial charge in [0.15, 0.2) is 0 Å². The number of allylic oxidation sites excluding steroid dienone is 1. The molecule has 1 saturated carbocycles. The van der Waals surface area contributed by atoms with Gasteiger partial charge in [0.25, 0.3) is 5.69 Å². The van der Waals surface area contributed by atoms with Gasteiger partial charge >= 0.3 is 0 Å². The molecule has 0 aromatic heterocycles. The quantitative estimate of drug-likeness (QED) is 0.337. The zero-order valence-electron chi connectivity index (χ0n) is 14.0. The summed E-state index contributed by atoms with van der Waals surface area (Å²) in [5, 5.41) is 10.8. The number of nitrogens with zero attached hydrogens (tertiary/aromatic N) is 2. The van der Waals surface area contributed by atoms with Crippen molar-refractivity contribution in [2.75, 3.05) is 0 Å². The fourth-order valence-electron chi connectivity index (χ4n) is 4.94. The molecule has 3 atom stereocenters. The molecule has 0 radical (unpaired) electrons. The number of rotatable bonds is 3. The number of hydrogen-bond acceptors (Lipinski definition) is 3. The number of nitro benzene ring substituents is 1. The largest absolute Gasteiger partial charge is 0.288 e. The van der Waals surface area contributed by atoms with Crippen LogP contribution in [0.4, 0.5) is 5.69 Å². The van der Waals surface area contributed by atoms with Crippen molar-refractivity contribution in [1.82, 2.24) is 0 Å². The molecular formula is C20H24N2O2. The summed E-state index contributed by atoms with van der Waals surface area (Å²) >= 11 is 0. The summed E-state index contributed by atoms with van der Waals surface area (Å²) in [6.45, 7) is 0. The molecule has 0 aliphatic heterocycles. The van der Waals surface area contributed by atoms with E-state index in [-0.39, 0.29) is 10.6 Å². The lowest BCUT2D eigenvalue weighted by atomic mass is 9.63. The minimum Gasteiger partial charge on any atom is -0.288 e. The highest BCUT2D eigenvalue weighted by Crippen LogP contribution is 2.49. The van der Waals surface area contributed by atoms with Crippen LogP contribution in [0.3, 0.4) is 0 Å². The average molecular weight is 324 g/mol. The highest BCUT2D eigenvalue weighted by atomic mass is 16.6. The topological polar surface area (TPSA) is 55.5 Å². The molecule has 0 amide bonds. The molecular weight excluding hydrogens is 300 g/mol. The van der Waals surface area contributed by atoms with Gasteiger partial charge in [0.1, 0.15) is 0 Å².